The molecule has 1 amide bonds. The van der Waals surface area contributed by atoms with Crippen LogP contribution in [0.2, 0.25) is 0 Å². The predicted molar refractivity (Wildman–Crippen MR) is 126 cm³/mol. The highest BCUT2D eigenvalue weighted by molar-refractivity contribution is 5.70. The lowest BCUT2D eigenvalue weighted by Gasteiger charge is -2.36. The number of aromatic hydroxyl groups is 1. The molecule has 182 valence electrons. The molecule has 0 aromatic heterocycles. The van der Waals surface area contributed by atoms with Gasteiger partial charge >= 0.3 is 6.09 Å². The Hall–Kier alpha value is -3.13. The Bertz CT molecular complexity index is 963. The summed E-state index contributed by atoms with van der Waals surface area (Å²) in [7, 11) is 0. The van der Waals surface area contributed by atoms with E-state index in [4.69, 9.17) is 18.9 Å². The molecule has 2 fully saturated rings. The summed E-state index contributed by atoms with van der Waals surface area (Å²) in [4.78, 5) is 16.5. The quantitative estimate of drug-likeness (QED) is 0.635. The van der Waals surface area contributed by atoms with Crippen molar-refractivity contribution in [2.24, 2.45) is 5.92 Å². The lowest BCUT2D eigenvalue weighted by atomic mass is 9.93. The number of likely N-dealkylation sites (tertiary alicyclic amines) is 1. The van der Waals surface area contributed by atoms with E-state index in [1.165, 1.54) is 0 Å². The van der Waals surface area contributed by atoms with Crippen LogP contribution in [-0.2, 0) is 4.74 Å². The van der Waals surface area contributed by atoms with Crippen molar-refractivity contribution in [3.8, 4) is 23.0 Å². The SMILES string of the molecule is O=C1OC[C@@H](COc2ccccc2)N1CCC1CCN(C[C@H]2COc3cc(O)ccc3O2)CC1. The minimum atomic E-state index is -0.234. The van der Waals surface area contributed by atoms with Gasteiger partial charge in [-0.15, -0.1) is 0 Å². The van der Waals surface area contributed by atoms with Crippen LogP contribution in [0.1, 0.15) is 19.3 Å². The highest BCUT2D eigenvalue weighted by atomic mass is 16.6. The summed E-state index contributed by atoms with van der Waals surface area (Å²) in [5, 5.41) is 9.58. The van der Waals surface area contributed by atoms with Crippen molar-refractivity contribution in [2.75, 3.05) is 46.0 Å². The van der Waals surface area contributed by atoms with Gasteiger partial charge < -0.3 is 24.1 Å². The molecule has 5 rings (SSSR count). The van der Waals surface area contributed by atoms with Gasteiger partial charge in [-0.1, -0.05) is 18.2 Å². The third-order valence-electron chi connectivity index (χ3n) is 6.85. The Labute approximate surface area is 200 Å². The van der Waals surface area contributed by atoms with E-state index < -0.39 is 0 Å². The monoisotopic (exact) mass is 468 g/mol. The van der Waals surface area contributed by atoms with Gasteiger partial charge in [0, 0.05) is 19.2 Å². The van der Waals surface area contributed by atoms with E-state index >= 15 is 0 Å². The topological polar surface area (TPSA) is 80.7 Å². The smallest absolute Gasteiger partial charge is 0.410 e. The fourth-order valence-electron chi connectivity index (χ4n) is 4.87. The van der Waals surface area contributed by atoms with Crippen LogP contribution in [0.5, 0.6) is 23.0 Å². The first-order valence-corrected chi connectivity index (χ1v) is 12.1. The van der Waals surface area contributed by atoms with Crippen molar-refractivity contribution in [1.82, 2.24) is 9.80 Å². The lowest BCUT2D eigenvalue weighted by Crippen LogP contribution is -2.44. The first kappa shape index (κ1) is 22.7. The molecule has 2 aromatic rings. The van der Waals surface area contributed by atoms with Crippen LogP contribution in [0.4, 0.5) is 4.79 Å². The number of benzene rings is 2. The number of phenols is 1. The molecule has 34 heavy (non-hydrogen) atoms. The van der Waals surface area contributed by atoms with Gasteiger partial charge in [0.1, 0.15) is 43.5 Å². The first-order valence-electron chi connectivity index (χ1n) is 12.1. The van der Waals surface area contributed by atoms with Gasteiger partial charge in [-0.3, -0.25) is 9.80 Å². The Morgan fingerprint density at radius 2 is 1.82 bits per heavy atom. The number of para-hydroxylation sites is 1. The zero-order valence-electron chi connectivity index (χ0n) is 19.3. The third-order valence-corrected chi connectivity index (χ3v) is 6.85. The number of rotatable bonds is 8. The fourth-order valence-corrected chi connectivity index (χ4v) is 4.87. The van der Waals surface area contributed by atoms with Gasteiger partial charge in [0.2, 0.25) is 0 Å². The van der Waals surface area contributed by atoms with Crippen molar-refractivity contribution in [2.45, 2.75) is 31.4 Å². The molecule has 0 radical (unpaired) electrons. The molecule has 3 aliphatic rings. The van der Waals surface area contributed by atoms with Crippen LogP contribution < -0.4 is 14.2 Å². The molecule has 3 aliphatic heterocycles. The van der Waals surface area contributed by atoms with Crippen molar-refractivity contribution in [3.05, 3.63) is 48.5 Å². The average molecular weight is 469 g/mol. The summed E-state index contributed by atoms with van der Waals surface area (Å²) < 4.78 is 23.0. The number of piperidine rings is 1. The van der Waals surface area contributed by atoms with Gasteiger partial charge in [0.15, 0.2) is 11.5 Å². The maximum atomic E-state index is 12.2. The van der Waals surface area contributed by atoms with Crippen LogP contribution in [0.3, 0.4) is 0 Å². The number of hydrogen-bond donors (Lipinski definition) is 1. The number of phenolic OH excluding ortho intramolecular Hbond substituents is 1. The van der Waals surface area contributed by atoms with E-state index in [-0.39, 0.29) is 24.0 Å². The largest absolute Gasteiger partial charge is 0.508 e. The summed E-state index contributed by atoms with van der Waals surface area (Å²) >= 11 is 0. The van der Waals surface area contributed by atoms with Crippen molar-refractivity contribution < 1.29 is 28.8 Å². The summed E-state index contributed by atoms with van der Waals surface area (Å²) in [6, 6.07) is 14.6. The van der Waals surface area contributed by atoms with E-state index in [9.17, 15) is 9.90 Å². The molecule has 2 aromatic carbocycles. The summed E-state index contributed by atoms with van der Waals surface area (Å²) in [6.45, 7) is 4.87. The van der Waals surface area contributed by atoms with E-state index in [0.717, 1.165) is 44.6 Å². The van der Waals surface area contributed by atoms with Crippen LogP contribution in [0.15, 0.2) is 48.5 Å². The normalized spacial score (nSPS) is 23.1. The van der Waals surface area contributed by atoms with Crippen molar-refractivity contribution >= 4 is 6.09 Å². The maximum Gasteiger partial charge on any atom is 0.410 e. The van der Waals surface area contributed by atoms with Gasteiger partial charge in [0.25, 0.3) is 0 Å². The van der Waals surface area contributed by atoms with Crippen molar-refractivity contribution in [3.63, 3.8) is 0 Å². The molecule has 0 bridgehead atoms. The second-order valence-electron chi connectivity index (χ2n) is 9.26. The number of ether oxygens (including phenoxy) is 4. The molecule has 8 nitrogen and oxygen atoms in total. The highest BCUT2D eigenvalue weighted by Gasteiger charge is 2.34. The molecule has 2 atom stereocenters. The number of carbonyl (C=O) groups excluding carboxylic acids is 1. The molecule has 0 saturated carbocycles. The maximum absolute atomic E-state index is 12.2. The third kappa shape index (κ3) is 5.50. The standard InChI is InChI=1S/C26H32N2O6/c29-21-6-7-24-25(14-21)32-18-23(34-24)15-27-11-8-19(9-12-27)10-13-28-20(17-33-26(28)30)16-31-22-4-2-1-3-5-22/h1-7,14,19-20,23,29H,8-13,15-18H2/t20-,23+/m1/s1. The Morgan fingerprint density at radius 3 is 2.65 bits per heavy atom. The zero-order valence-corrected chi connectivity index (χ0v) is 19.3. The fraction of sp³-hybridized carbons (Fsp3) is 0.500. The van der Waals surface area contributed by atoms with Gasteiger partial charge in [-0.2, -0.15) is 0 Å². The zero-order chi connectivity index (χ0) is 23.3. The molecule has 8 heteroatoms. The highest BCUT2D eigenvalue weighted by Crippen LogP contribution is 2.35. The van der Waals surface area contributed by atoms with E-state index in [2.05, 4.69) is 4.90 Å². The molecule has 0 unspecified atom stereocenters. The Kier molecular flexibility index (Phi) is 6.94. The summed E-state index contributed by atoms with van der Waals surface area (Å²) in [5.41, 5.74) is 0. The number of nitrogens with zero attached hydrogens (tertiary/aromatic N) is 2. The molecular weight excluding hydrogens is 436 g/mol. The van der Waals surface area contributed by atoms with Crippen LogP contribution in [-0.4, -0.2) is 79.1 Å². The minimum Gasteiger partial charge on any atom is -0.508 e. The second kappa shape index (κ2) is 10.4. The number of amides is 1. The van der Waals surface area contributed by atoms with E-state index in [0.29, 0.717) is 43.8 Å². The molecule has 0 aliphatic carbocycles. The first-order chi connectivity index (χ1) is 16.6. The minimum absolute atomic E-state index is 0.0154. The van der Waals surface area contributed by atoms with Gasteiger partial charge in [0.05, 0.1) is 0 Å². The van der Waals surface area contributed by atoms with Crippen LogP contribution in [0, 0.1) is 5.92 Å². The number of carbonyl (C=O) groups is 1. The summed E-state index contributed by atoms with van der Waals surface area (Å²) in [6.07, 6.45) is 2.93. The average Bonchev–Trinajstić information content (AvgIpc) is 3.22. The van der Waals surface area contributed by atoms with Gasteiger partial charge in [-0.05, 0) is 62.5 Å². The molecular formula is C26H32N2O6. The lowest BCUT2D eigenvalue weighted by molar-refractivity contribution is 0.0463. The van der Waals surface area contributed by atoms with Crippen LogP contribution >= 0.6 is 0 Å². The van der Waals surface area contributed by atoms with Crippen molar-refractivity contribution in [1.29, 1.82) is 0 Å². The van der Waals surface area contributed by atoms with Crippen LogP contribution in [0.25, 0.3) is 0 Å². The predicted octanol–water partition coefficient (Wildman–Crippen LogP) is 3.53. The molecule has 0 spiro atoms. The number of cyclic esters (lactones) is 1. The molecule has 2 saturated heterocycles. The van der Waals surface area contributed by atoms with E-state index in [1.807, 2.05) is 35.2 Å². The van der Waals surface area contributed by atoms with Gasteiger partial charge in [-0.25, -0.2) is 4.79 Å². The Balaban J connectivity index is 1.04. The Morgan fingerprint density at radius 1 is 1.00 bits per heavy atom. The summed E-state index contributed by atoms with van der Waals surface area (Å²) in [5.74, 6) is 2.87. The molecule has 3 heterocycles. The molecule has 1 N–H and O–H groups in total. The number of hydrogen-bond acceptors (Lipinski definition) is 7. The van der Waals surface area contributed by atoms with E-state index in [1.54, 1.807) is 18.2 Å². The number of fused-ring (bicyclic) bond motifs is 1. The second-order valence-corrected chi connectivity index (χ2v) is 9.26.